The molecule has 1 aliphatic heterocycles. The van der Waals surface area contributed by atoms with Crippen molar-refractivity contribution in [2.45, 2.75) is 34.7 Å². The number of nitrogens with one attached hydrogen (secondary N) is 2. The van der Waals surface area contributed by atoms with Crippen LogP contribution in [0.3, 0.4) is 0 Å². The molecule has 0 spiro atoms. The Hall–Kier alpha value is -1.28. The van der Waals surface area contributed by atoms with Crippen LogP contribution in [0.4, 0.5) is 36.4 Å². The van der Waals surface area contributed by atoms with Gasteiger partial charge in [0, 0.05) is 16.6 Å². The average molecular weight is 470 g/mol. The van der Waals surface area contributed by atoms with Gasteiger partial charge in [-0.05, 0) is 54.7 Å². The largest absolute Gasteiger partial charge is 0.460 e. The first-order valence-electron chi connectivity index (χ1n) is 7.52. The SMILES string of the molecule is O=S1(=O)CC[C@@H](NC(=S)Nc2ccc(SC(F)(F)C(F)(F)C(F)(F)F)cc2)C1. The molecular weight excluding hydrogens is 457 g/mol. The van der Waals surface area contributed by atoms with Gasteiger partial charge >= 0.3 is 17.4 Å². The van der Waals surface area contributed by atoms with Gasteiger partial charge in [-0.2, -0.15) is 30.7 Å². The van der Waals surface area contributed by atoms with Crippen LogP contribution in [0.25, 0.3) is 0 Å². The second kappa shape index (κ2) is 7.86. The predicted molar refractivity (Wildman–Crippen MR) is 94.7 cm³/mol. The molecule has 0 radical (unpaired) electrons. The van der Waals surface area contributed by atoms with E-state index in [1.807, 2.05) is 0 Å². The molecule has 0 aliphatic carbocycles. The van der Waals surface area contributed by atoms with Crippen molar-refractivity contribution in [1.29, 1.82) is 0 Å². The quantitative estimate of drug-likeness (QED) is 0.385. The molecule has 1 saturated heterocycles. The first-order chi connectivity index (χ1) is 12.6. The Bertz CT molecular complexity index is 826. The number of thiocarbonyl (C=S) groups is 1. The van der Waals surface area contributed by atoms with Gasteiger partial charge in [0.25, 0.3) is 0 Å². The summed E-state index contributed by atoms with van der Waals surface area (Å²) in [6.45, 7) is 0. The van der Waals surface area contributed by atoms with E-state index in [-0.39, 0.29) is 28.3 Å². The van der Waals surface area contributed by atoms with Gasteiger partial charge in [-0.15, -0.1) is 0 Å². The van der Waals surface area contributed by atoms with E-state index in [4.69, 9.17) is 12.2 Å². The molecule has 0 saturated carbocycles. The lowest BCUT2D eigenvalue weighted by molar-refractivity contribution is -0.330. The molecule has 0 amide bonds. The number of thioether (sulfide) groups is 1. The highest BCUT2D eigenvalue weighted by Crippen LogP contribution is 2.53. The third kappa shape index (κ3) is 5.41. The molecule has 1 fully saturated rings. The summed E-state index contributed by atoms with van der Waals surface area (Å²) in [5.74, 6) is -6.27. The van der Waals surface area contributed by atoms with Crippen molar-refractivity contribution < 1.29 is 39.2 Å². The van der Waals surface area contributed by atoms with E-state index in [9.17, 15) is 39.2 Å². The fourth-order valence-electron chi connectivity index (χ4n) is 2.24. The Kier molecular flexibility index (Phi) is 6.46. The summed E-state index contributed by atoms with van der Waals surface area (Å²) in [5.41, 5.74) is 0.244. The summed E-state index contributed by atoms with van der Waals surface area (Å²) < 4.78 is 112. The minimum absolute atomic E-state index is 0.0238. The van der Waals surface area contributed by atoms with E-state index < -0.39 is 43.8 Å². The lowest BCUT2D eigenvalue weighted by Crippen LogP contribution is -2.49. The summed E-state index contributed by atoms with van der Waals surface area (Å²) in [6.07, 6.45) is -6.03. The maximum absolute atomic E-state index is 13.4. The highest BCUT2D eigenvalue weighted by atomic mass is 32.2. The zero-order chi connectivity index (χ0) is 21.4. The molecule has 28 heavy (non-hydrogen) atoms. The summed E-state index contributed by atoms with van der Waals surface area (Å²) in [6, 6.07) is 3.78. The van der Waals surface area contributed by atoms with Crippen LogP contribution < -0.4 is 10.6 Å². The third-order valence-corrected chi connectivity index (χ3v) is 6.66. The van der Waals surface area contributed by atoms with E-state index in [2.05, 4.69) is 10.6 Å². The van der Waals surface area contributed by atoms with Crippen molar-refractivity contribution >= 4 is 44.6 Å². The minimum Gasteiger partial charge on any atom is -0.359 e. The highest BCUT2D eigenvalue weighted by molar-refractivity contribution is 8.00. The number of anilines is 1. The molecule has 0 bridgehead atoms. The van der Waals surface area contributed by atoms with Crippen molar-refractivity contribution in [3.05, 3.63) is 24.3 Å². The topological polar surface area (TPSA) is 58.2 Å². The number of sulfone groups is 1. The highest BCUT2D eigenvalue weighted by Gasteiger charge is 2.73. The minimum atomic E-state index is -6.39. The Morgan fingerprint density at radius 3 is 2.11 bits per heavy atom. The van der Waals surface area contributed by atoms with Gasteiger partial charge in [0.05, 0.1) is 11.5 Å². The monoisotopic (exact) mass is 470 g/mol. The van der Waals surface area contributed by atoms with E-state index in [1.54, 1.807) is 0 Å². The molecule has 1 aromatic rings. The molecular formula is C14H13F7N2O2S3. The van der Waals surface area contributed by atoms with Crippen LogP contribution in [0.1, 0.15) is 6.42 Å². The van der Waals surface area contributed by atoms with Crippen LogP contribution in [0.5, 0.6) is 0 Å². The number of alkyl halides is 7. The number of hydrogen-bond donors (Lipinski definition) is 2. The summed E-state index contributed by atoms with van der Waals surface area (Å²) in [4.78, 5) is -0.514. The molecule has 0 aromatic heterocycles. The lowest BCUT2D eigenvalue weighted by atomic mass is 10.3. The number of halogens is 7. The fraction of sp³-hybridized carbons (Fsp3) is 0.500. The van der Waals surface area contributed by atoms with Gasteiger partial charge in [-0.3, -0.25) is 0 Å². The predicted octanol–water partition coefficient (Wildman–Crippen LogP) is 4.04. The second-order valence-corrected chi connectivity index (χ2v) is 9.74. The molecule has 1 aliphatic rings. The molecule has 1 heterocycles. The zero-order valence-corrected chi connectivity index (χ0v) is 16.1. The molecule has 158 valence electrons. The molecule has 0 unspecified atom stereocenters. The van der Waals surface area contributed by atoms with E-state index in [0.717, 1.165) is 24.3 Å². The van der Waals surface area contributed by atoms with Crippen LogP contribution in [0, 0.1) is 0 Å². The van der Waals surface area contributed by atoms with Crippen molar-refractivity contribution in [2.24, 2.45) is 0 Å². The third-order valence-electron chi connectivity index (χ3n) is 3.65. The smallest absolute Gasteiger partial charge is 0.359 e. The molecule has 2 N–H and O–H groups in total. The first-order valence-corrected chi connectivity index (χ1v) is 10.6. The number of rotatable bonds is 5. The Morgan fingerprint density at radius 2 is 1.64 bits per heavy atom. The van der Waals surface area contributed by atoms with E-state index >= 15 is 0 Å². The number of hydrogen-bond acceptors (Lipinski definition) is 4. The number of benzene rings is 1. The van der Waals surface area contributed by atoms with Crippen LogP contribution >= 0.6 is 24.0 Å². The van der Waals surface area contributed by atoms with Crippen molar-refractivity contribution in [3.8, 4) is 0 Å². The van der Waals surface area contributed by atoms with Crippen LogP contribution in [0.2, 0.25) is 0 Å². The van der Waals surface area contributed by atoms with Gasteiger partial charge in [-0.1, -0.05) is 0 Å². The zero-order valence-electron chi connectivity index (χ0n) is 13.7. The molecule has 1 aromatic carbocycles. The van der Waals surface area contributed by atoms with E-state index in [1.165, 1.54) is 0 Å². The van der Waals surface area contributed by atoms with Crippen molar-refractivity contribution in [3.63, 3.8) is 0 Å². The molecule has 2 rings (SSSR count). The normalized spacial score (nSPS) is 20.0. The maximum atomic E-state index is 13.4. The molecule has 14 heteroatoms. The average Bonchev–Trinajstić information content (AvgIpc) is 2.86. The van der Waals surface area contributed by atoms with Crippen molar-refractivity contribution in [2.75, 3.05) is 16.8 Å². The van der Waals surface area contributed by atoms with Gasteiger partial charge in [0.2, 0.25) is 0 Å². The van der Waals surface area contributed by atoms with Crippen LogP contribution in [0.15, 0.2) is 29.2 Å². The summed E-state index contributed by atoms with van der Waals surface area (Å²) >= 11 is 4.08. The van der Waals surface area contributed by atoms with Gasteiger partial charge in [-0.25, -0.2) is 8.42 Å². The van der Waals surface area contributed by atoms with Crippen LogP contribution in [-0.4, -0.2) is 48.4 Å². The molecule has 4 nitrogen and oxygen atoms in total. The summed E-state index contributed by atoms with van der Waals surface area (Å²) in [5, 5.41) is 0.0599. The first kappa shape index (κ1) is 23.0. The molecule has 1 atom stereocenters. The Balaban J connectivity index is 1.97. The van der Waals surface area contributed by atoms with E-state index in [0.29, 0.717) is 6.42 Å². The second-order valence-electron chi connectivity index (χ2n) is 5.91. The van der Waals surface area contributed by atoms with Crippen LogP contribution in [-0.2, 0) is 9.84 Å². The summed E-state index contributed by atoms with van der Waals surface area (Å²) in [7, 11) is -3.12. The maximum Gasteiger partial charge on any atom is 0.460 e. The van der Waals surface area contributed by atoms with Gasteiger partial charge in [0.1, 0.15) is 0 Å². The van der Waals surface area contributed by atoms with Crippen molar-refractivity contribution in [1.82, 2.24) is 5.32 Å². The lowest BCUT2D eigenvalue weighted by Gasteiger charge is -2.27. The standard InChI is InChI=1S/C14H13F7N2O2S3/c15-12(16,13(17,18)19)14(20,21)27-10-3-1-8(2-4-10)22-11(26)23-9-5-6-28(24,25)7-9/h1-4,9H,5-7H2,(H2,22,23,26)/t9-/m1/s1. The van der Waals surface area contributed by atoms with Gasteiger partial charge in [0.15, 0.2) is 14.9 Å². The van der Waals surface area contributed by atoms with Gasteiger partial charge < -0.3 is 10.6 Å². The Morgan fingerprint density at radius 1 is 1.07 bits per heavy atom. The fourth-order valence-corrected chi connectivity index (χ4v) is 5.01. The Labute approximate surface area is 165 Å².